The first-order chi connectivity index (χ1) is 9.85. The summed E-state index contributed by atoms with van der Waals surface area (Å²) >= 11 is 0. The molecule has 1 aliphatic heterocycles. The second-order valence-electron chi connectivity index (χ2n) is 6.30. The van der Waals surface area contributed by atoms with E-state index in [9.17, 15) is 14.7 Å². The molecule has 5 heteroatoms. The number of nitrogens with one attached hydrogen (secondary N) is 1. The second-order valence-corrected chi connectivity index (χ2v) is 6.30. The molecule has 1 aliphatic rings. The van der Waals surface area contributed by atoms with Crippen LogP contribution in [-0.2, 0) is 9.59 Å². The molecule has 0 saturated heterocycles. The van der Waals surface area contributed by atoms with Crippen LogP contribution < -0.4 is 5.32 Å². The van der Waals surface area contributed by atoms with E-state index in [2.05, 4.69) is 12.2 Å². The summed E-state index contributed by atoms with van der Waals surface area (Å²) < 4.78 is 0. The van der Waals surface area contributed by atoms with Gasteiger partial charge in [0.15, 0.2) is 0 Å². The van der Waals surface area contributed by atoms with E-state index in [0.29, 0.717) is 13.0 Å². The SMILES string of the molecule is CCCC(C)(C)NC(=O)CCCCCN1C(=O)C=CC1O. The largest absolute Gasteiger partial charge is 0.370 e. The maximum atomic E-state index is 11.8. The van der Waals surface area contributed by atoms with Gasteiger partial charge in [-0.1, -0.05) is 19.8 Å². The van der Waals surface area contributed by atoms with E-state index in [1.54, 1.807) is 0 Å². The summed E-state index contributed by atoms with van der Waals surface area (Å²) in [5.74, 6) is -0.0473. The zero-order valence-corrected chi connectivity index (χ0v) is 13.4. The lowest BCUT2D eigenvalue weighted by Crippen LogP contribution is -2.43. The smallest absolute Gasteiger partial charge is 0.248 e. The zero-order chi connectivity index (χ0) is 15.9. The fourth-order valence-electron chi connectivity index (χ4n) is 2.61. The molecule has 21 heavy (non-hydrogen) atoms. The van der Waals surface area contributed by atoms with Gasteiger partial charge >= 0.3 is 0 Å². The third-order valence-corrected chi connectivity index (χ3v) is 3.67. The van der Waals surface area contributed by atoms with Crippen LogP contribution in [0.4, 0.5) is 0 Å². The number of carbonyl (C=O) groups excluding carboxylic acids is 2. The van der Waals surface area contributed by atoms with Crippen LogP contribution in [-0.4, -0.2) is 40.1 Å². The molecule has 1 heterocycles. The van der Waals surface area contributed by atoms with Crippen molar-refractivity contribution in [2.75, 3.05) is 6.54 Å². The van der Waals surface area contributed by atoms with Crippen molar-refractivity contribution >= 4 is 11.8 Å². The quantitative estimate of drug-likeness (QED) is 0.639. The lowest BCUT2D eigenvalue weighted by atomic mass is 9.98. The number of aliphatic hydroxyl groups is 1. The van der Waals surface area contributed by atoms with E-state index in [1.807, 2.05) is 13.8 Å². The van der Waals surface area contributed by atoms with Gasteiger partial charge in [0.25, 0.3) is 0 Å². The van der Waals surface area contributed by atoms with Gasteiger partial charge in [-0.05, 0) is 39.2 Å². The molecule has 0 aliphatic carbocycles. The van der Waals surface area contributed by atoms with E-state index >= 15 is 0 Å². The molecular formula is C16H28N2O3. The van der Waals surface area contributed by atoms with Gasteiger partial charge in [-0.15, -0.1) is 0 Å². The van der Waals surface area contributed by atoms with Crippen molar-refractivity contribution in [1.29, 1.82) is 0 Å². The first-order valence-corrected chi connectivity index (χ1v) is 7.83. The van der Waals surface area contributed by atoms with Crippen molar-refractivity contribution in [3.05, 3.63) is 12.2 Å². The Hall–Kier alpha value is -1.36. The molecule has 1 unspecified atom stereocenters. The molecule has 1 rings (SSSR count). The fraction of sp³-hybridized carbons (Fsp3) is 0.750. The van der Waals surface area contributed by atoms with Crippen LogP contribution in [0.3, 0.4) is 0 Å². The summed E-state index contributed by atoms with van der Waals surface area (Å²) in [5.41, 5.74) is -0.135. The second kappa shape index (κ2) is 8.17. The molecule has 0 aromatic carbocycles. The van der Waals surface area contributed by atoms with Crippen LogP contribution in [0.15, 0.2) is 12.2 Å². The van der Waals surface area contributed by atoms with Crippen molar-refractivity contribution in [1.82, 2.24) is 10.2 Å². The molecule has 2 N–H and O–H groups in total. The van der Waals surface area contributed by atoms with Crippen molar-refractivity contribution < 1.29 is 14.7 Å². The molecule has 120 valence electrons. The third kappa shape index (κ3) is 6.29. The lowest BCUT2D eigenvalue weighted by molar-refractivity contribution is -0.131. The van der Waals surface area contributed by atoms with Gasteiger partial charge in [-0.25, -0.2) is 0 Å². The van der Waals surface area contributed by atoms with E-state index in [-0.39, 0.29) is 17.4 Å². The van der Waals surface area contributed by atoms with Crippen LogP contribution >= 0.6 is 0 Å². The Morgan fingerprint density at radius 1 is 1.38 bits per heavy atom. The Morgan fingerprint density at radius 2 is 2.10 bits per heavy atom. The summed E-state index contributed by atoms with van der Waals surface area (Å²) in [6, 6.07) is 0. The van der Waals surface area contributed by atoms with Gasteiger partial charge in [0.2, 0.25) is 11.8 Å². The number of hydrogen-bond donors (Lipinski definition) is 2. The molecule has 0 saturated carbocycles. The van der Waals surface area contributed by atoms with E-state index in [0.717, 1.165) is 32.1 Å². The Labute approximate surface area is 127 Å². The summed E-state index contributed by atoms with van der Waals surface area (Å²) in [4.78, 5) is 24.7. The molecule has 0 radical (unpaired) electrons. The number of unbranched alkanes of at least 4 members (excludes halogenated alkanes) is 2. The number of hydrogen-bond acceptors (Lipinski definition) is 3. The molecule has 2 amide bonds. The van der Waals surface area contributed by atoms with Crippen LogP contribution in [0, 0.1) is 0 Å². The minimum absolute atomic E-state index is 0.0902. The van der Waals surface area contributed by atoms with Gasteiger partial charge in [0.05, 0.1) is 0 Å². The number of carbonyl (C=O) groups is 2. The number of aliphatic hydroxyl groups excluding tert-OH is 1. The molecule has 0 aromatic rings. The van der Waals surface area contributed by atoms with Gasteiger partial charge in [-0.2, -0.15) is 0 Å². The van der Waals surface area contributed by atoms with E-state index in [4.69, 9.17) is 0 Å². The van der Waals surface area contributed by atoms with Crippen LogP contribution in [0.1, 0.15) is 59.3 Å². The Kier molecular flexibility index (Phi) is 6.89. The fourth-order valence-corrected chi connectivity index (χ4v) is 2.61. The summed E-state index contributed by atoms with van der Waals surface area (Å²) in [6.45, 7) is 6.73. The minimum Gasteiger partial charge on any atom is -0.370 e. The Morgan fingerprint density at radius 3 is 2.67 bits per heavy atom. The molecule has 1 atom stereocenters. The van der Waals surface area contributed by atoms with Crippen LogP contribution in [0.2, 0.25) is 0 Å². The van der Waals surface area contributed by atoms with E-state index in [1.165, 1.54) is 17.1 Å². The molecule has 0 bridgehead atoms. The van der Waals surface area contributed by atoms with Crippen LogP contribution in [0.25, 0.3) is 0 Å². The van der Waals surface area contributed by atoms with Crippen molar-refractivity contribution in [3.63, 3.8) is 0 Å². The molecular weight excluding hydrogens is 268 g/mol. The summed E-state index contributed by atoms with van der Waals surface area (Å²) in [6.07, 6.45) is 7.12. The molecule has 0 aromatic heterocycles. The predicted molar refractivity (Wildman–Crippen MR) is 82.5 cm³/mol. The van der Waals surface area contributed by atoms with Gasteiger partial charge < -0.3 is 15.3 Å². The average molecular weight is 296 g/mol. The molecule has 0 spiro atoms. The number of nitrogens with zero attached hydrogens (tertiary/aromatic N) is 1. The number of rotatable bonds is 9. The van der Waals surface area contributed by atoms with Crippen molar-refractivity contribution in [2.45, 2.75) is 71.1 Å². The van der Waals surface area contributed by atoms with Crippen molar-refractivity contribution in [3.8, 4) is 0 Å². The summed E-state index contributed by atoms with van der Waals surface area (Å²) in [7, 11) is 0. The zero-order valence-electron chi connectivity index (χ0n) is 13.4. The standard InChI is InChI=1S/C16H28N2O3/c1-4-11-16(2,3)17-13(19)8-6-5-7-12-18-14(20)9-10-15(18)21/h9-10,14,20H,4-8,11-12H2,1-3H3,(H,17,19). The first-order valence-electron chi connectivity index (χ1n) is 7.83. The van der Waals surface area contributed by atoms with E-state index < -0.39 is 6.23 Å². The average Bonchev–Trinajstić information content (AvgIpc) is 2.68. The van der Waals surface area contributed by atoms with Gasteiger partial charge in [0, 0.05) is 24.6 Å². The van der Waals surface area contributed by atoms with Gasteiger partial charge in [-0.3, -0.25) is 9.59 Å². The lowest BCUT2D eigenvalue weighted by Gasteiger charge is -2.25. The highest BCUT2D eigenvalue weighted by Gasteiger charge is 2.22. The van der Waals surface area contributed by atoms with Crippen LogP contribution in [0.5, 0.6) is 0 Å². The van der Waals surface area contributed by atoms with Crippen molar-refractivity contribution in [2.24, 2.45) is 0 Å². The maximum absolute atomic E-state index is 11.8. The topological polar surface area (TPSA) is 69.6 Å². The Balaban J connectivity index is 2.11. The third-order valence-electron chi connectivity index (χ3n) is 3.67. The first kappa shape index (κ1) is 17.7. The number of amides is 2. The predicted octanol–water partition coefficient (Wildman–Crippen LogP) is 1.96. The highest BCUT2D eigenvalue weighted by Crippen LogP contribution is 2.13. The molecule has 0 fully saturated rings. The summed E-state index contributed by atoms with van der Waals surface area (Å²) in [5, 5.41) is 12.6. The highest BCUT2D eigenvalue weighted by molar-refractivity contribution is 5.90. The Bertz CT molecular complexity index is 391. The maximum Gasteiger partial charge on any atom is 0.248 e. The normalized spacial score (nSPS) is 18.4. The highest BCUT2D eigenvalue weighted by atomic mass is 16.3. The monoisotopic (exact) mass is 296 g/mol. The molecule has 5 nitrogen and oxygen atoms in total. The van der Waals surface area contributed by atoms with Gasteiger partial charge in [0.1, 0.15) is 6.23 Å². The minimum atomic E-state index is -0.782.